The van der Waals surface area contributed by atoms with Gasteiger partial charge in [0.05, 0.1) is 16.3 Å². The molecule has 0 amide bonds. The van der Waals surface area contributed by atoms with Crippen molar-refractivity contribution in [3.05, 3.63) is 51.9 Å². The number of hydrogen-bond acceptors (Lipinski definition) is 4. The van der Waals surface area contributed by atoms with Gasteiger partial charge in [-0.15, -0.1) is 0 Å². The van der Waals surface area contributed by atoms with E-state index in [0.29, 0.717) is 11.3 Å². The van der Waals surface area contributed by atoms with Crippen molar-refractivity contribution in [2.45, 2.75) is 0 Å². The van der Waals surface area contributed by atoms with Crippen LogP contribution in [0, 0.1) is 5.82 Å². The molecular weight excluding hydrogens is 297 g/mol. The zero-order valence-corrected chi connectivity index (χ0v) is 11.3. The molecule has 1 aromatic carbocycles. The minimum absolute atomic E-state index is 0.134. The van der Waals surface area contributed by atoms with Crippen LogP contribution in [0.1, 0.15) is 0 Å². The highest BCUT2D eigenvalue weighted by Gasteiger charge is 2.16. The molecule has 0 bridgehead atoms. The molecule has 2 heterocycles. The average molecular weight is 306 g/mol. The maximum Gasteiger partial charge on any atom is 0.344 e. The van der Waals surface area contributed by atoms with Crippen molar-refractivity contribution in [3.63, 3.8) is 0 Å². The summed E-state index contributed by atoms with van der Waals surface area (Å²) in [5.41, 5.74) is 6.43. The first-order valence-corrected chi connectivity index (χ1v) is 6.29. The van der Waals surface area contributed by atoms with Gasteiger partial charge in [0.15, 0.2) is 0 Å². The SMILES string of the molecule is Nc1nc(-c2c(F)cccc2Cl)[nH]c1-c1cnc(=O)[nH]c1. The molecule has 0 fully saturated rings. The summed E-state index contributed by atoms with van der Waals surface area (Å²) in [5, 5.41) is 0.217. The lowest BCUT2D eigenvalue weighted by molar-refractivity contribution is 0.630. The Bertz CT molecular complexity index is 832. The van der Waals surface area contributed by atoms with Gasteiger partial charge in [-0.1, -0.05) is 17.7 Å². The number of anilines is 1. The van der Waals surface area contributed by atoms with Crippen molar-refractivity contribution in [1.82, 2.24) is 19.9 Å². The summed E-state index contributed by atoms with van der Waals surface area (Å²) >= 11 is 5.99. The van der Waals surface area contributed by atoms with Crippen LogP contribution in [0.25, 0.3) is 22.6 Å². The number of nitrogens with two attached hydrogens (primary N) is 1. The van der Waals surface area contributed by atoms with Gasteiger partial charge in [0.2, 0.25) is 0 Å². The van der Waals surface area contributed by atoms with Crippen molar-refractivity contribution in [1.29, 1.82) is 0 Å². The largest absolute Gasteiger partial charge is 0.382 e. The first kappa shape index (κ1) is 13.3. The van der Waals surface area contributed by atoms with Crippen molar-refractivity contribution in [3.8, 4) is 22.6 Å². The maximum atomic E-state index is 13.9. The van der Waals surface area contributed by atoms with Gasteiger partial charge in [0.25, 0.3) is 0 Å². The molecule has 6 nitrogen and oxygen atoms in total. The summed E-state index contributed by atoms with van der Waals surface area (Å²) in [6.45, 7) is 0. The Hall–Kier alpha value is -2.67. The molecule has 0 unspecified atom stereocenters. The molecule has 3 rings (SSSR count). The topological polar surface area (TPSA) is 100 Å². The van der Waals surface area contributed by atoms with E-state index in [4.69, 9.17) is 17.3 Å². The summed E-state index contributed by atoms with van der Waals surface area (Å²) in [6, 6.07) is 4.33. The Kier molecular flexibility index (Phi) is 3.19. The summed E-state index contributed by atoms with van der Waals surface area (Å²) in [4.78, 5) is 24.0. The number of halogens is 2. The van der Waals surface area contributed by atoms with E-state index in [1.165, 1.54) is 24.5 Å². The highest BCUT2D eigenvalue weighted by molar-refractivity contribution is 6.33. The number of aromatic nitrogens is 4. The second-order valence-corrected chi connectivity index (χ2v) is 4.66. The van der Waals surface area contributed by atoms with Crippen LogP contribution in [-0.4, -0.2) is 19.9 Å². The monoisotopic (exact) mass is 305 g/mol. The third kappa shape index (κ3) is 2.38. The lowest BCUT2D eigenvalue weighted by Crippen LogP contribution is -2.08. The molecule has 0 aliphatic carbocycles. The Balaban J connectivity index is 2.14. The smallest absolute Gasteiger partial charge is 0.344 e. The van der Waals surface area contributed by atoms with Crippen molar-refractivity contribution >= 4 is 17.4 Å². The van der Waals surface area contributed by atoms with Crippen molar-refractivity contribution in [2.75, 3.05) is 5.73 Å². The average Bonchev–Trinajstić information content (AvgIpc) is 2.81. The summed E-state index contributed by atoms with van der Waals surface area (Å²) in [5.74, 6) is -0.155. The molecular formula is C13H9ClFN5O. The number of aromatic amines is 2. The second kappa shape index (κ2) is 5.02. The molecule has 0 atom stereocenters. The van der Waals surface area contributed by atoms with Crippen molar-refractivity contribution in [2.24, 2.45) is 0 Å². The van der Waals surface area contributed by atoms with E-state index >= 15 is 0 Å². The number of nitrogen functional groups attached to an aromatic ring is 1. The van der Waals surface area contributed by atoms with Crippen LogP contribution in [0.2, 0.25) is 5.02 Å². The van der Waals surface area contributed by atoms with E-state index in [1.54, 1.807) is 6.07 Å². The van der Waals surface area contributed by atoms with Gasteiger partial charge in [-0.3, -0.25) is 0 Å². The van der Waals surface area contributed by atoms with E-state index in [2.05, 4.69) is 19.9 Å². The van der Waals surface area contributed by atoms with Gasteiger partial charge < -0.3 is 15.7 Å². The first-order valence-electron chi connectivity index (χ1n) is 5.91. The first-order chi connectivity index (χ1) is 10.1. The van der Waals surface area contributed by atoms with Gasteiger partial charge in [0.1, 0.15) is 17.5 Å². The summed E-state index contributed by atoms with van der Waals surface area (Å²) < 4.78 is 13.9. The molecule has 21 heavy (non-hydrogen) atoms. The van der Waals surface area contributed by atoms with Crippen LogP contribution >= 0.6 is 11.6 Å². The third-order valence-corrected chi connectivity index (χ3v) is 3.21. The van der Waals surface area contributed by atoms with E-state index < -0.39 is 11.5 Å². The van der Waals surface area contributed by atoms with Gasteiger partial charge in [-0.05, 0) is 12.1 Å². The van der Waals surface area contributed by atoms with Gasteiger partial charge in [-0.25, -0.2) is 19.2 Å². The van der Waals surface area contributed by atoms with Crippen LogP contribution in [0.15, 0.2) is 35.4 Å². The molecule has 0 aliphatic heterocycles. The number of hydrogen-bond donors (Lipinski definition) is 3. The fourth-order valence-electron chi connectivity index (χ4n) is 1.93. The van der Waals surface area contributed by atoms with Gasteiger partial charge in [0, 0.05) is 18.0 Å². The predicted octanol–water partition coefficient (Wildman–Crippen LogP) is 2.20. The molecule has 4 N–H and O–H groups in total. The minimum atomic E-state index is -0.512. The van der Waals surface area contributed by atoms with Gasteiger partial charge >= 0.3 is 5.69 Å². The zero-order chi connectivity index (χ0) is 15.0. The molecule has 0 saturated heterocycles. The van der Waals surface area contributed by atoms with E-state index in [9.17, 15) is 9.18 Å². The van der Waals surface area contributed by atoms with E-state index in [1.807, 2.05) is 0 Å². The van der Waals surface area contributed by atoms with E-state index in [-0.39, 0.29) is 22.2 Å². The molecule has 0 spiro atoms. The van der Waals surface area contributed by atoms with Crippen LogP contribution in [0.4, 0.5) is 10.2 Å². The Morgan fingerprint density at radius 2 is 2.14 bits per heavy atom. The summed E-state index contributed by atoms with van der Waals surface area (Å²) in [7, 11) is 0. The fourth-order valence-corrected chi connectivity index (χ4v) is 2.18. The lowest BCUT2D eigenvalue weighted by Gasteiger charge is -2.01. The number of H-pyrrole nitrogens is 2. The molecule has 8 heteroatoms. The number of rotatable bonds is 2. The Labute approximate surface area is 122 Å². The fraction of sp³-hybridized carbons (Fsp3) is 0. The number of nitrogens with zero attached hydrogens (tertiary/aromatic N) is 2. The highest BCUT2D eigenvalue weighted by Crippen LogP contribution is 2.32. The number of nitrogens with one attached hydrogen (secondary N) is 2. The van der Waals surface area contributed by atoms with Crippen LogP contribution in [0.3, 0.4) is 0 Å². The van der Waals surface area contributed by atoms with Gasteiger partial charge in [-0.2, -0.15) is 0 Å². The van der Waals surface area contributed by atoms with Crippen LogP contribution < -0.4 is 11.4 Å². The number of imidazole rings is 1. The van der Waals surface area contributed by atoms with Crippen LogP contribution in [-0.2, 0) is 0 Å². The predicted molar refractivity (Wildman–Crippen MR) is 77.3 cm³/mol. The summed E-state index contributed by atoms with van der Waals surface area (Å²) in [6.07, 6.45) is 2.78. The molecule has 3 aromatic rings. The number of benzene rings is 1. The second-order valence-electron chi connectivity index (χ2n) is 4.25. The molecule has 106 valence electrons. The van der Waals surface area contributed by atoms with Crippen molar-refractivity contribution < 1.29 is 4.39 Å². The zero-order valence-electron chi connectivity index (χ0n) is 10.5. The molecule has 2 aromatic heterocycles. The molecule has 0 aliphatic rings. The Morgan fingerprint density at radius 3 is 2.81 bits per heavy atom. The lowest BCUT2D eigenvalue weighted by atomic mass is 10.2. The Morgan fingerprint density at radius 1 is 1.33 bits per heavy atom. The molecule has 0 saturated carbocycles. The van der Waals surface area contributed by atoms with Crippen LogP contribution in [0.5, 0.6) is 0 Å². The third-order valence-electron chi connectivity index (χ3n) is 2.89. The highest BCUT2D eigenvalue weighted by atomic mass is 35.5. The quantitative estimate of drug-likeness (QED) is 0.675. The normalized spacial score (nSPS) is 10.8. The van der Waals surface area contributed by atoms with E-state index in [0.717, 1.165) is 0 Å². The standard InChI is InChI=1S/C13H9ClFN5O/c14-7-2-1-3-8(15)9(7)12-19-10(11(16)20-12)6-4-17-13(21)18-5-6/h1-5H,16H2,(H,19,20)(H,17,18,21). The molecule has 0 radical (unpaired) electrons. The maximum absolute atomic E-state index is 13.9. The minimum Gasteiger partial charge on any atom is -0.382 e.